The third kappa shape index (κ3) is 2.05. The molecule has 0 aliphatic carbocycles. The zero-order valence-corrected chi connectivity index (χ0v) is 11.6. The Morgan fingerprint density at radius 1 is 1.56 bits per heavy atom. The van der Waals surface area contributed by atoms with E-state index in [-0.39, 0.29) is 0 Å². The smallest absolute Gasteiger partial charge is 0.131 e. The van der Waals surface area contributed by atoms with Gasteiger partial charge >= 0.3 is 0 Å². The van der Waals surface area contributed by atoms with Crippen LogP contribution in [0.4, 0.5) is 5.82 Å². The van der Waals surface area contributed by atoms with Crippen molar-refractivity contribution in [2.45, 2.75) is 25.8 Å². The van der Waals surface area contributed by atoms with E-state index in [0.29, 0.717) is 11.9 Å². The first-order valence-electron chi connectivity index (χ1n) is 5.58. The average Bonchev–Trinajstić information content (AvgIpc) is 2.54. The first kappa shape index (κ1) is 12.1. The Kier molecular flexibility index (Phi) is 3.70. The summed E-state index contributed by atoms with van der Waals surface area (Å²) in [5.41, 5.74) is 2.24. The Balaban J connectivity index is 2.37. The summed E-state index contributed by atoms with van der Waals surface area (Å²) in [7, 11) is 2.01. The molecular weight excluding hydrogens is 242 g/mol. The Labute approximate surface area is 106 Å². The van der Waals surface area contributed by atoms with E-state index in [9.17, 15) is 0 Å². The largest absolute Gasteiger partial charge is 0.352 e. The fourth-order valence-corrected chi connectivity index (χ4v) is 3.57. The molecule has 1 saturated heterocycles. The van der Waals surface area contributed by atoms with E-state index in [1.165, 1.54) is 22.9 Å². The number of hydrogen-bond acceptors (Lipinski definition) is 3. The van der Waals surface area contributed by atoms with E-state index in [1.54, 1.807) is 0 Å². The molecule has 90 valence electrons. The summed E-state index contributed by atoms with van der Waals surface area (Å²) < 4.78 is 1.97. The Hall–Kier alpha value is -0.350. The Bertz CT molecular complexity index is 378. The van der Waals surface area contributed by atoms with Crippen molar-refractivity contribution in [2.75, 3.05) is 23.0 Å². The maximum atomic E-state index is 6.03. The molecule has 0 bridgehead atoms. The van der Waals surface area contributed by atoms with Gasteiger partial charge in [0.25, 0.3) is 0 Å². The number of thioether (sulfide) groups is 1. The van der Waals surface area contributed by atoms with Crippen LogP contribution < -0.4 is 4.90 Å². The lowest BCUT2D eigenvalue weighted by molar-refractivity contribution is 0.646. The van der Waals surface area contributed by atoms with Crippen molar-refractivity contribution in [3.8, 4) is 0 Å². The molecule has 1 fully saturated rings. The van der Waals surface area contributed by atoms with Gasteiger partial charge in [0.1, 0.15) is 5.82 Å². The van der Waals surface area contributed by atoms with Gasteiger partial charge in [-0.25, -0.2) is 0 Å². The van der Waals surface area contributed by atoms with Crippen LogP contribution in [0.5, 0.6) is 0 Å². The van der Waals surface area contributed by atoms with Crippen LogP contribution in [-0.2, 0) is 12.9 Å². The van der Waals surface area contributed by atoms with E-state index >= 15 is 0 Å². The maximum absolute atomic E-state index is 6.03. The molecule has 1 aromatic heterocycles. The van der Waals surface area contributed by atoms with Crippen molar-refractivity contribution in [3.05, 3.63) is 11.3 Å². The molecule has 0 aromatic carbocycles. The maximum Gasteiger partial charge on any atom is 0.131 e. The summed E-state index contributed by atoms with van der Waals surface area (Å²) in [6, 6.07) is 0.565. The summed E-state index contributed by atoms with van der Waals surface area (Å²) in [4.78, 5) is 2.44. The fraction of sp³-hybridized carbons (Fsp3) is 0.727. The van der Waals surface area contributed by atoms with E-state index in [2.05, 4.69) is 16.9 Å². The first-order valence-corrected chi connectivity index (χ1v) is 7.27. The molecule has 3 nitrogen and oxygen atoms in total. The zero-order chi connectivity index (χ0) is 11.7. The summed E-state index contributed by atoms with van der Waals surface area (Å²) in [6.45, 7) is 5.39. The SMILES string of the molecule is Cc1nn(C)c(N2CCSCC2C)c1CCl. The topological polar surface area (TPSA) is 21.1 Å². The molecule has 16 heavy (non-hydrogen) atoms. The molecule has 1 atom stereocenters. The second-order valence-corrected chi connectivity index (χ2v) is 5.68. The monoisotopic (exact) mass is 259 g/mol. The molecule has 5 heteroatoms. The minimum absolute atomic E-state index is 0.547. The summed E-state index contributed by atoms with van der Waals surface area (Å²) >= 11 is 8.06. The van der Waals surface area contributed by atoms with Gasteiger partial charge in [0.2, 0.25) is 0 Å². The van der Waals surface area contributed by atoms with Gasteiger partial charge in [0, 0.05) is 36.7 Å². The fourth-order valence-electron chi connectivity index (χ4n) is 2.25. The van der Waals surface area contributed by atoms with Crippen LogP contribution in [0.3, 0.4) is 0 Å². The zero-order valence-electron chi connectivity index (χ0n) is 10.0. The highest BCUT2D eigenvalue weighted by Gasteiger charge is 2.25. The molecule has 2 heterocycles. The third-order valence-electron chi connectivity index (χ3n) is 3.09. The highest BCUT2D eigenvalue weighted by Crippen LogP contribution is 2.29. The lowest BCUT2D eigenvalue weighted by atomic mass is 10.2. The van der Waals surface area contributed by atoms with E-state index < -0.39 is 0 Å². The lowest BCUT2D eigenvalue weighted by Crippen LogP contribution is -2.41. The minimum Gasteiger partial charge on any atom is -0.352 e. The number of aromatic nitrogens is 2. The van der Waals surface area contributed by atoms with Gasteiger partial charge in [-0.1, -0.05) is 0 Å². The van der Waals surface area contributed by atoms with Crippen molar-refractivity contribution >= 4 is 29.2 Å². The van der Waals surface area contributed by atoms with Crippen molar-refractivity contribution in [3.63, 3.8) is 0 Å². The predicted octanol–water partition coefficient (Wildman–Crippen LogP) is 2.41. The average molecular weight is 260 g/mol. The summed E-state index contributed by atoms with van der Waals surface area (Å²) in [5.74, 6) is 4.13. The number of aryl methyl sites for hydroxylation is 2. The predicted molar refractivity (Wildman–Crippen MR) is 71.6 cm³/mol. The molecular formula is C11H18ClN3S. The van der Waals surface area contributed by atoms with Crippen LogP contribution in [0.1, 0.15) is 18.2 Å². The van der Waals surface area contributed by atoms with E-state index in [1.807, 2.05) is 30.4 Å². The van der Waals surface area contributed by atoms with Crippen LogP contribution in [0.15, 0.2) is 0 Å². The Morgan fingerprint density at radius 2 is 2.31 bits per heavy atom. The highest BCUT2D eigenvalue weighted by atomic mass is 35.5. The molecule has 1 aliphatic heterocycles. The van der Waals surface area contributed by atoms with Crippen LogP contribution in [0.25, 0.3) is 0 Å². The molecule has 2 rings (SSSR count). The van der Waals surface area contributed by atoms with Gasteiger partial charge in [-0.3, -0.25) is 4.68 Å². The van der Waals surface area contributed by atoms with Gasteiger partial charge in [-0.15, -0.1) is 11.6 Å². The number of nitrogens with zero attached hydrogens (tertiary/aromatic N) is 3. The van der Waals surface area contributed by atoms with Crippen molar-refractivity contribution in [2.24, 2.45) is 7.05 Å². The summed E-state index contributed by atoms with van der Waals surface area (Å²) in [5, 5.41) is 4.48. The van der Waals surface area contributed by atoms with Gasteiger partial charge < -0.3 is 4.90 Å². The highest BCUT2D eigenvalue weighted by molar-refractivity contribution is 7.99. The van der Waals surface area contributed by atoms with Gasteiger partial charge in [-0.05, 0) is 13.8 Å². The van der Waals surface area contributed by atoms with Crippen molar-refractivity contribution in [1.82, 2.24) is 9.78 Å². The van der Waals surface area contributed by atoms with Gasteiger partial charge in [0.15, 0.2) is 0 Å². The van der Waals surface area contributed by atoms with Crippen molar-refractivity contribution in [1.29, 1.82) is 0 Å². The number of hydrogen-bond donors (Lipinski definition) is 0. The summed E-state index contributed by atoms with van der Waals surface area (Å²) in [6.07, 6.45) is 0. The van der Waals surface area contributed by atoms with Crippen LogP contribution in [-0.4, -0.2) is 33.9 Å². The first-order chi connectivity index (χ1) is 7.65. The molecule has 0 N–H and O–H groups in total. The second kappa shape index (κ2) is 4.88. The molecule has 1 aliphatic rings. The minimum atomic E-state index is 0.547. The van der Waals surface area contributed by atoms with Crippen LogP contribution in [0.2, 0.25) is 0 Å². The van der Waals surface area contributed by atoms with Crippen LogP contribution in [0, 0.1) is 6.92 Å². The molecule has 0 amide bonds. The van der Waals surface area contributed by atoms with Gasteiger partial charge in [0.05, 0.1) is 11.6 Å². The molecule has 1 aromatic rings. The van der Waals surface area contributed by atoms with Gasteiger partial charge in [-0.2, -0.15) is 16.9 Å². The quantitative estimate of drug-likeness (QED) is 0.761. The number of rotatable bonds is 2. The third-order valence-corrected chi connectivity index (χ3v) is 4.54. The molecule has 0 radical (unpaired) electrons. The normalized spacial score (nSPS) is 21.5. The molecule has 0 saturated carbocycles. The van der Waals surface area contributed by atoms with E-state index in [4.69, 9.17) is 11.6 Å². The molecule has 0 spiro atoms. The Morgan fingerprint density at radius 3 is 2.94 bits per heavy atom. The second-order valence-electron chi connectivity index (χ2n) is 4.26. The molecule has 1 unspecified atom stereocenters. The number of anilines is 1. The lowest BCUT2D eigenvalue weighted by Gasteiger charge is -2.35. The standard InChI is InChI=1S/C11H18ClN3S/c1-8-7-16-5-4-15(8)11-10(6-12)9(2)13-14(11)3/h8H,4-7H2,1-3H3. The van der Waals surface area contributed by atoms with E-state index in [0.717, 1.165) is 12.2 Å². The van der Waals surface area contributed by atoms with Crippen LogP contribution >= 0.6 is 23.4 Å². The van der Waals surface area contributed by atoms with Crippen molar-refractivity contribution < 1.29 is 0 Å². The number of halogens is 1. The number of alkyl halides is 1.